The quantitative estimate of drug-likeness (QED) is 0.755. The van der Waals surface area contributed by atoms with E-state index in [9.17, 15) is 9.90 Å². The van der Waals surface area contributed by atoms with Crippen LogP contribution in [0.15, 0.2) is 18.2 Å². The topological polar surface area (TPSA) is 61.4 Å². The van der Waals surface area contributed by atoms with Crippen molar-refractivity contribution in [3.05, 3.63) is 45.3 Å². The molecule has 1 aromatic carbocycles. The zero-order valence-corrected chi connectivity index (χ0v) is 13.2. The molecular formula is C17H18N2O2S. The lowest BCUT2D eigenvalue weighted by Gasteiger charge is -2.27. The summed E-state index contributed by atoms with van der Waals surface area (Å²) < 4.78 is 0. The number of thiophene rings is 1. The molecular weight excluding hydrogens is 296 g/mol. The highest BCUT2D eigenvalue weighted by Gasteiger charge is 2.32. The van der Waals surface area contributed by atoms with E-state index in [4.69, 9.17) is 0 Å². The van der Waals surface area contributed by atoms with Crippen molar-refractivity contribution < 1.29 is 9.90 Å². The average Bonchev–Trinajstić information content (AvgIpc) is 2.85. The molecule has 2 aliphatic rings. The van der Waals surface area contributed by atoms with Crippen LogP contribution in [0.2, 0.25) is 0 Å². The molecule has 1 atom stereocenters. The normalized spacial score (nSPS) is 19.9. The van der Waals surface area contributed by atoms with Crippen LogP contribution in [0.5, 0.6) is 5.75 Å². The Morgan fingerprint density at radius 2 is 2.05 bits per heavy atom. The number of hydrogen-bond donors (Lipinski definition) is 3. The van der Waals surface area contributed by atoms with Crippen molar-refractivity contribution in [3.8, 4) is 5.75 Å². The first-order valence-electron chi connectivity index (χ1n) is 7.65. The van der Waals surface area contributed by atoms with Gasteiger partial charge in [-0.3, -0.25) is 4.79 Å². The number of carbonyl (C=O) groups excluding carboxylic acids is 1. The SMILES string of the molecule is Cc1ccc([C@H]2NC(=O)c3c(sc4c3CCCC4)N2)c(O)c1. The Morgan fingerprint density at radius 3 is 2.86 bits per heavy atom. The molecule has 0 unspecified atom stereocenters. The van der Waals surface area contributed by atoms with E-state index in [-0.39, 0.29) is 17.8 Å². The first kappa shape index (κ1) is 13.6. The van der Waals surface area contributed by atoms with Crippen LogP contribution >= 0.6 is 11.3 Å². The van der Waals surface area contributed by atoms with Crippen LogP contribution in [0.4, 0.5) is 5.00 Å². The Kier molecular flexibility index (Phi) is 3.11. The first-order chi connectivity index (χ1) is 10.6. The van der Waals surface area contributed by atoms with E-state index in [1.807, 2.05) is 19.1 Å². The maximum absolute atomic E-state index is 12.6. The third-order valence-electron chi connectivity index (χ3n) is 4.45. The molecule has 0 bridgehead atoms. The van der Waals surface area contributed by atoms with Crippen molar-refractivity contribution in [1.82, 2.24) is 5.32 Å². The average molecular weight is 314 g/mol. The van der Waals surface area contributed by atoms with Gasteiger partial charge in [0.2, 0.25) is 0 Å². The molecule has 1 aromatic heterocycles. The molecule has 0 saturated heterocycles. The lowest BCUT2D eigenvalue weighted by Crippen LogP contribution is -2.38. The van der Waals surface area contributed by atoms with E-state index in [1.54, 1.807) is 17.4 Å². The summed E-state index contributed by atoms with van der Waals surface area (Å²) in [7, 11) is 0. The van der Waals surface area contributed by atoms with Gasteiger partial charge in [-0.05, 0) is 49.8 Å². The molecule has 4 nitrogen and oxygen atoms in total. The van der Waals surface area contributed by atoms with Crippen LogP contribution in [0.25, 0.3) is 0 Å². The van der Waals surface area contributed by atoms with Gasteiger partial charge in [-0.25, -0.2) is 0 Å². The molecule has 0 fully saturated rings. The van der Waals surface area contributed by atoms with E-state index < -0.39 is 0 Å². The zero-order chi connectivity index (χ0) is 15.3. The molecule has 2 aromatic rings. The van der Waals surface area contributed by atoms with Gasteiger partial charge in [0.25, 0.3) is 5.91 Å². The fraction of sp³-hybridized carbons (Fsp3) is 0.353. The van der Waals surface area contributed by atoms with E-state index >= 15 is 0 Å². The highest BCUT2D eigenvalue weighted by Crippen LogP contribution is 2.42. The number of nitrogens with one attached hydrogen (secondary N) is 2. The summed E-state index contributed by atoms with van der Waals surface area (Å²) in [6, 6.07) is 5.52. The molecule has 4 rings (SSSR count). The number of hydrogen-bond acceptors (Lipinski definition) is 4. The Morgan fingerprint density at radius 1 is 1.23 bits per heavy atom. The smallest absolute Gasteiger partial charge is 0.256 e. The van der Waals surface area contributed by atoms with Gasteiger partial charge in [-0.15, -0.1) is 11.3 Å². The summed E-state index contributed by atoms with van der Waals surface area (Å²) >= 11 is 1.70. The highest BCUT2D eigenvalue weighted by molar-refractivity contribution is 7.16. The number of rotatable bonds is 1. The largest absolute Gasteiger partial charge is 0.508 e. The monoisotopic (exact) mass is 314 g/mol. The van der Waals surface area contributed by atoms with Crippen LogP contribution in [0, 0.1) is 6.92 Å². The molecule has 1 aliphatic heterocycles. The van der Waals surface area contributed by atoms with E-state index in [1.165, 1.54) is 16.9 Å². The minimum Gasteiger partial charge on any atom is -0.508 e. The van der Waals surface area contributed by atoms with Crippen LogP contribution in [-0.4, -0.2) is 11.0 Å². The van der Waals surface area contributed by atoms with E-state index in [0.717, 1.165) is 35.4 Å². The second-order valence-corrected chi connectivity index (χ2v) is 7.13. The molecule has 114 valence electrons. The number of anilines is 1. The number of carbonyl (C=O) groups is 1. The number of aromatic hydroxyl groups is 1. The third kappa shape index (κ3) is 2.08. The fourth-order valence-corrected chi connectivity index (χ4v) is 4.65. The van der Waals surface area contributed by atoms with E-state index in [2.05, 4.69) is 10.6 Å². The second-order valence-electron chi connectivity index (χ2n) is 6.03. The van der Waals surface area contributed by atoms with E-state index in [0.29, 0.717) is 5.56 Å². The summed E-state index contributed by atoms with van der Waals surface area (Å²) in [5.41, 5.74) is 3.75. The first-order valence-corrected chi connectivity index (χ1v) is 8.46. The van der Waals surface area contributed by atoms with Crippen molar-refractivity contribution in [1.29, 1.82) is 0 Å². The highest BCUT2D eigenvalue weighted by atomic mass is 32.1. The Hall–Kier alpha value is -2.01. The van der Waals surface area contributed by atoms with Gasteiger partial charge in [0, 0.05) is 10.4 Å². The number of phenolic OH excluding ortho intramolecular Hbond substituents is 1. The van der Waals surface area contributed by atoms with Crippen molar-refractivity contribution in [2.24, 2.45) is 0 Å². The van der Waals surface area contributed by atoms with Gasteiger partial charge >= 0.3 is 0 Å². The standard InChI is InChI=1S/C17H18N2O2S/c1-9-6-7-10(12(20)8-9)15-18-16(21)14-11-4-2-3-5-13(11)22-17(14)19-15/h6-8,15,19-20H,2-5H2,1H3,(H,18,21)/t15-/m0/s1. The van der Waals surface area contributed by atoms with Crippen molar-refractivity contribution in [3.63, 3.8) is 0 Å². The number of aryl methyl sites for hydroxylation is 2. The number of amides is 1. The summed E-state index contributed by atoms with van der Waals surface area (Å²) in [6.45, 7) is 1.93. The molecule has 0 radical (unpaired) electrons. The molecule has 1 aliphatic carbocycles. The Bertz CT molecular complexity index is 766. The van der Waals surface area contributed by atoms with Crippen molar-refractivity contribution in [2.75, 3.05) is 5.32 Å². The van der Waals surface area contributed by atoms with Crippen LogP contribution in [0.3, 0.4) is 0 Å². The second kappa shape index (κ2) is 5.02. The predicted molar refractivity (Wildman–Crippen MR) is 87.6 cm³/mol. The molecule has 5 heteroatoms. The number of phenols is 1. The van der Waals surface area contributed by atoms with Crippen LogP contribution < -0.4 is 10.6 Å². The third-order valence-corrected chi connectivity index (χ3v) is 5.67. The minimum absolute atomic E-state index is 0.0295. The number of benzene rings is 1. The van der Waals surface area contributed by atoms with Gasteiger partial charge in [-0.2, -0.15) is 0 Å². The predicted octanol–water partition coefficient (Wildman–Crippen LogP) is 3.50. The Labute approximate surface area is 133 Å². The summed E-state index contributed by atoms with van der Waals surface area (Å²) in [6.07, 6.45) is 4.06. The molecule has 0 saturated carbocycles. The number of fused-ring (bicyclic) bond motifs is 3. The molecule has 1 amide bonds. The van der Waals surface area contributed by atoms with Gasteiger partial charge in [-0.1, -0.05) is 12.1 Å². The Balaban J connectivity index is 1.73. The van der Waals surface area contributed by atoms with Gasteiger partial charge < -0.3 is 15.7 Å². The molecule has 22 heavy (non-hydrogen) atoms. The summed E-state index contributed by atoms with van der Waals surface area (Å²) in [5, 5.41) is 17.5. The van der Waals surface area contributed by atoms with Gasteiger partial charge in [0.15, 0.2) is 0 Å². The fourth-order valence-electron chi connectivity index (χ4n) is 3.33. The van der Waals surface area contributed by atoms with Crippen molar-refractivity contribution >= 4 is 22.2 Å². The zero-order valence-electron chi connectivity index (χ0n) is 12.4. The van der Waals surface area contributed by atoms with Gasteiger partial charge in [0.05, 0.1) is 5.56 Å². The minimum atomic E-state index is -0.374. The maximum atomic E-state index is 12.6. The summed E-state index contributed by atoms with van der Waals surface area (Å²) in [5.74, 6) is 0.181. The van der Waals surface area contributed by atoms with Crippen LogP contribution in [-0.2, 0) is 12.8 Å². The molecule has 2 heterocycles. The molecule has 3 N–H and O–H groups in total. The lowest BCUT2D eigenvalue weighted by molar-refractivity contribution is 0.0935. The van der Waals surface area contributed by atoms with Crippen LogP contribution in [0.1, 0.15) is 50.9 Å². The lowest BCUT2D eigenvalue weighted by atomic mass is 9.94. The summed E-state index contributed by atoms with van der Waals surface area (Å²) in [4.78, 5) is 13.9. The van der Waals surface area contributed by atoms with Crippen molar-refractivity contribution in [2.45, 2.75) is 38.8 Å². The maximum Gasteiger partial charge on any atom is 0.256 e. The van der Waals surface area contributed by atoms with Gasteiger partial charge in [0.1, 0.15) is 16.9 Å². The molecule has 0 spiro atoms.